The van der Waals surface area contributed by atoms with Gasteiger partial charge in [-0.1, -0.05) is 26.7 Å². The van der Waals surface area contributed by atoms with Gasteiger partial charge in [0.05, 0.1) is 0 Å². The van der Waals surface area contributed by atoms with Crippen LogP contribution in [-0.4, -0.2) is 29.6 Å². The van der Waals surface area contributed by atoms with Gasteiger partial charge in [0.25, 0.3) is 0 Å². The Hall–Kier alpha value is -1.59. The largest absolute Gasteiger partial charge is 0.481 e. The molecule has 1 saturated carbocycles. The minimum Gasteiger partial charge on any atom is -0.481 e. The highest BCUT2D eigenvalue weighted by Crippen LogP contribution is 2.27. The van der Waals surface area contributed by atoms with Crippen molar-refractivity contribution >= 4 is 17.9 Å². The third-order valence-corrected chi connectivity index (χ3v) is 3.91. The molecule has 0 aromatic heterocycles. The van der Waals surface area contributed by atoms with E-state index in [0.29, 0.717) is 18.4 Å². The standard InChI is InChI=1S/C15H26N2O4/c1-10-4-3-5-12(6-10)9-16-15(21)17-13(18)7-11(2)8-14(19)20/h10-12H,3-9H2,1-2H3,(H,19,20)(H2,16,17,18,21). The smallest absolute Gasteiger partial charge is 0.321 e. The Labute approximate surface area is 125 Å². The molecule has 0 bridgehead atoms. The quantitative estimate of drug-likeness (QED) is 0.700. The summed E-state index contributed by atoms with van der Waals surface area (Å²) in [5.74, 6) is -0.466. The predicted octanol–water partition coefficient (Wildman–Crippen LogP) is 2.14. The van der Waals surface area contributed by atoms with Crippen molar-refractivity contribution in [1.29, 1.82) is 0 Å². The molecule has 0 aromatic carbocycles. The minimum absolute atomic E-state index is 0.0418. The lowest BCUT2D eigenvalue weighted by molar-refractivity contribution is -0.138. The normalized spacial score (nSPS) is 23.1. The van der Waals surface area contributed by atoms with Crippen molar-refractivity contribution in [3.63, 3.8) is 0 Å². The van der Waals surface area contributed by atoms with Crippen molar-refractivity contribution in [2.24, 2.45) is 17.8 Å². The van der Waals surface area contributed by atoms with E-state index in [4.69, 9.17) is 5.11 Å². The molecule has 0 aromatic rings. The molecule has 0 heterocycles. The molecule has 1 rings (SSSR count). The highest BCUT2D eigenvalue weighted by Gasteiger charge is 2.20. The van der Waals surface area contributed by atoms with Crippen molar-refractivity contribution in [1.82, 2.24) is 10.6 Å². The minimum atomic E-state index is -0.939. The lowest BCUT2D eigenvalue weighted by Crippen LogP contribution is -2.42. The van der Waals surface area contributed by atoms with Crippen LogP contribution in [0.1, 0.15) is 52.4 Å². The van der Waals surface area contributed by atoms with E-state index in [0.717, 1.165) is 12.8 Å². The van der Waals surface area contributed by atoms with E-state index >= 15 is 0 Å². The number of hydrogen-bond acceptors (Lipinski definition) is 3. The fourth-order valence-electron chi connectivity index (χ4n) is 2.89. The van der Waals surface area contributed by atoms with E-state index in [1.807, 2.05) is 0 Å². The molecule has 21 heavy (non-hydrogen) atoms. The Balaban J connectivity index is 2.20. The number of urea groups is 1. The number of aliphatic carboxylic acids is 1. The molecule has 0 spiro atoms. The number of hydrogen-bond donors (Lipinski definition) is 3. The molecule has 6 heteroatoms. The molecule has 6 nitrogen and oxygen atoms in total. The molecule has 3 N–H and O–H groups in total. The summed E-state index contributed by atoms with van der Waals surface area (Å²) in [5.41, 5.74) is 0. The summed E-state index contributed by atoms with van der Waals surface area (Å²) >= 11 is 0. The van der Waals surface area contributed by atoms with E-state index in [1.165, 1.54) is 12.8 Å². The van der Waals surface area contributed by atoms with Gasteiger partial charge in [0.15, 0.2) is 0 Å². The van der Waals surface area contributed by atoms with Crippen LogP contribution < -0.4 is 10.6 Å². The van der Waals surface area contributed by atoms with Crippen LogP contribution in [-0.2, 0) is 9.59 Å². The zero-order chi connectivity index (χ0) is 15.8. The SMILES string of the molecule is CC(CC(=O)O)CC(=O)NC(=O)NCC1CCCC(C)C1. The Morgan fingerprint density at radius 3 is 2.57 bits per heavy atom. The van der Waals surface area contributed by atoms with Gasteiger partial charge in [0.1, 0.15) is 0 Å². The van der Waals surface area contributed by atoms with E-state index in [1.54, 1.807) is 6.92 Å². The van der Waals surface area contributed by atoms with Gasteiger partial charge in [-0.15, -0.1) is 0 Å². The van der Waals surface area contributed by atoms with Crippen LogP contribution in [0, 0.1) is 17.8 Å². The number of amides is 3. The second-order valence-electron chi connectivity index (χ2n) is 6.30. The van der Waals surface area contributed by atoms with Crippen LogP contribution >= 0.6 is 0 Å². The second kappa shape index (κ2) is 8.64. The summed E-state index contributed by atoms with van der Waals surface area (Å²) < 4.78 is 0. The summed E-state index contributed by atoms with van der Waals surface area (Å²) in [4.78, 5) is 33.7. The number of carboxylic acids is 1. The summed E-state index contributed by atoms with van der Waals surface area (Å²) in [7, 11) is 0. The van der Waals surface area contributed by atoms with E-state index < -0.39 is 17.9 Å². The van der Waals surface area contributed by atoms with Crippen LogP contribution in [0.2, 0.25) is 0 Å². The summed E-state index contributed by atoms with van der Waals surface area (Å²) in [5, 5.41) is 13.6. The first-order valence-electron chi connectivity index (χ1n) is 7.66. The fourth-order valence-corrected chi connectivity index (χ4v) is 2.89. The molecule has 1 aliphatic carbocycles. The molecule has 0 radical (unpaired) electrons. The average molecular weight is 298 g/mol. The monoisotopic (exact) mass is 298 g/mol. The molecule has 0 saturated heterocycles. The predicted molar refractivity (Wildman–Crippen MR) is 78.7 cm³/mol. The molecule has 3 atom stereocenters. The molecule has 120 valence electrons. The van der Waals surface area contributed by atoms with Gasteiger partial charge in [0.2, 0.25) is 5.91 Å². The Morgan fingerprint density at radius 1 is 1.24 bits per heavy atom. The van der Waals surface area contributed by atoms with Gasteiger partial charge in [-0.25, -0.2) is 4.79 Å². The van der Waals surface area contributed by atoms with Crippen molar-refractivity contribution in [3.05, 3.63) is 0 Å². The molecule has 1 fully saturated rings. The van der Waals surface area contributed by atoms with Gasteiger partial charge in [0, 0.05) is 19.4 Å². The van der Waals surface area contributed by atoms with Crippen LogP contribution in [0.25, 0.3) is 0 Å². The Bertz CT molecular complexity index is 384. The van der Waals surface area contributed by atoms with Crippen LogP contribution in [0.3, 0.4) is 0 Å². The molecular weight excluding hydrogens is 272 g/mol. The van der Waals surface area contributed by atoms with Crippen molar-refractivity contribution in [2.75, 3.05) is 6.54 Å². The number of carboxylic acid groups (broad SMARTS) is 1. The highest BCUT2D eigenvalue weighted by atomic mass is 16.4. The zero-order valence-electron chi connectivity index (χ0n) is 12.9. The second-order valence-corrected chi connectivity index (χ2v) is 6.30. The number of carbonyl (C=O) groups is 3. The number of nitrogens with one attached hydrogen (secondary N) is 2. The van der Waals surface area contributed by atoms with Gasteiger partial charge >= 0.3 is 12.0 Å². The van der Waals surface area contributed by atoms with Gasteiger partial charge in [-0.3, -0.25) is 14.9 Å². The van der Waals surface area contributed by atoms with Crippen LogP contribution in [0.15, 0.2) is 0 Å². The number of carbonyl (C=O) groups excluding carboxylic acids is 2. The maximum atomic E-state index is 11.6. The van der Waals surface area contributed by atoms with Crippen LogP contribution in [0.4, 0.5) is 4.79 Å². The Kier molecular flexibility index (Phi) is 7.19. The van der Waals surface area contributed by atoms with Crippen molar-refractivity contribution < 1.29 is 19.5 Å². The Morgan fingerprint density at radius 2 is 1.95 bits per heavy atom. The fraction of sp³-hybridized carbons (Fsp3) is 0.800. The number of imide groups is 1. The summed E-state index contributed by atoms with van der Waals surface area (Å²) in [6.45, 7) is 4.49. The molecule has 0 aliphatic heterocycles. The van der Waals surface area contributed by atoms with Gasteiger partial charge < -0.3 is 10.4 Å². The van der Waals surface area contributed by atoms with Crippen LogP contribution in [0.5, 0.6) is 0 Å². The third kappa shape index (κ3) is 7.68. The topological polar surface area (TPSA) is 95.5 Å². The first-order chi connectivity index (χ1) is 9.86. The van der Waals surface area contributed by atoms with E-state index in [-0.39, 0.29) is 18.8 Å². The lowest BCUT2D eigenvalue weighted by atomic mass is 9.82. The first-order valence-corrected chi connectivity index (χ1v) is 7.66. The van der Waals surface area contributed by atoms with E-state index in [2.05, 4.69) is 17.6 Å². The first kappa shape index (κ1) is 17.5. The molecule has 1 aliphatic rings. The summed E-state index contributed by atoms with van der Waals surface area (Å²) in [6, 6.07) is -0.485. The zero-order valence-corrected chi connectivity index (χ0v) is 12.9. The molecule has 3 unspecified atom stereocenters. The van der Waals surface area contributed by atoms with Gasteiger partial charge in [-0.2, -0.15) is 0 Å². The highest BCUT2D eigenvalue weighted by molar-refractivity contribution is 5.94. The maximum absolute atomic E-state index is 11.6. The molecule has 3 amide bonds. The number of rotatable bonds is 6. The van der Waals surface area contributed by atoms with Gasteiger partial charge in [-0.05, 0) is 30.6 Å². The van der Waals surface area contributed by atoms with Crippen molar-refractivity contribution in [2.45, 2.75) is 52.4 Å². The average Bonchev–Trinajstić information content (AvgIpc) is 2.35. The van der Waals surface area contributed by atoms with Crippen molar-refractivity contribution in [3.8, 4) is 0 Å². The van der Waals surface area contributed by atoms with E-state index in [9.17, 15) is 14.4 Å². The molecular formula is C15H26N2O4. The third-order valence-electron chi connectivity index (χ3n) is 3.91. The maximum Gasteiger partial charge on any atom is 0.321 e. The lowest BCUT2D eigenvalue weighted by Gasteiger charge is -2.26. The summed E-state index contributed by atoms with van der Waals surface area (Å²) in [6.07, 6.45) is 4.65.